The van der Waals surface area contributed by atoms with E-state index in [1.165, 1.54) is 24.1 Å². The molecule has 1 atom stereocenters. The second kappa shape index (κ2) is 8.68. The van der Waals surface area contributed by atoms with Crippen LogP contribution in [0.4, 0.5) is 5.69 Å². The summed E-state index contributed by atoms with van der Waals surface area (Å²) in [7, 11) is 0. The van der Waals surface area contributed by atoms with Gasteiger partial charge in [0, 0.05) is 18.8 Å². The molecule has 0 N–H and O–H groups in total. The van der Waals surface area contributed by atoms with E-state index >= 15 is 0 Å². The Hall–Kier alpha value is -1.44. The predicted molar refractivity (Wildman–Crippen MR) is 88.2 cm³/mol. The summed E-state index contributed by atoms with van der Waals surface area (Å²) >= 11 is 0. The fraction of sp³-hybridized carbons (Fsp3) is 0.556. The fourth-order valence-electron chi connectivity index (χ4n) is 2.28. The molecule has 0 aromatic heterocycles. The van der Waals surface area contributed by atoms with Gasteiger partial charge in [0.1, 0.15) is 6.10 Å². The molecule has 0 aliphatic rings. The molecule has 112 valence electrons. The molecular weight excluding hydrogens is 246 g/mol. The number of rotatable bonds is 8. The van der Waals surface area contributed by atoms with Crippen LogP contribution in [-0.4, -0.2) is 13.1 Å². The zero-order valence-electron chi connectivity index (χ0n) is 13.6. The molecule has 0 saturated heterocycles. The van der Waals surface area contributed by atoms with Gasteiger partial charge in [0.05, 0.1) is 5.76 Å². The number of nitrogens with zero attached hydrogens (tertiary/aromatic N) is 1. The van der Waals surface area contributed by atoms with Crippen LogP contribution in [0, 0.1) is 0 Å². The minimum atomic E-state index is 0.103. The topological polar surface area (TPSA) is 12.5 Å². The van der Waals surface area contributed by atoms with Crippen molar-refractivity contribution in [2.75, 3.05) is 18.0 Å². The molecule has 0 amide bonds. The molecule has 1 aromatic rings. The maximum Gasteiger partial charge on any atom is 0.120 e. The monoisotopic (exact) mass is 275 g/mol. The van der Waals surface area contributed by atoms with E-state index in [1.807, 2.05) is 19.9 Å². The molecule has 0 radical (unpaired) electrons. The van der Waals surface area contributed by atoms with E-state index in [-0.39, 0.29) is 6.10 Å². The zero-order chi connectivity index (χ0) is 15.0. The maximum absolute atomic E-state index is 5.83. The summed E-state index contributed by atoms with van der Waals surface area (Å²) in [6.07, 6.45) is 4.46. The number of anilines is 1. The summed E-state index contributed by atoms with van der Waals surface area (Å²) in [5.41, 5.74) is 2.54. The van der Waals surface area contributed by atoms with Gasteiger partial charge in [-0.1, -0.05) is 26.0 Å². The number of ether oxygens (including phenoxy) is 1. The van der Waals surface area contributed by atoms with Crippen LogP contribution in [0.5, 0.6) is 0 Å². The quantitative estimate of drug-likeness (QED) is 0.596. The fourth-order valence-corrected chi connectivity index (χ4v) is 2.28. The lowest BCUT2D eigenvalue weighted by Gasteiger charge is -2.24. The van der Waals surface area contributed by atoms with Crippen LogP contribution >= 0.6 is 0 Å². The Kier molecular flexibility index (Phi) is 7.21. The van der Waals surface area contributed by atoms with E-state index in [1.54, 1.807) is 0 Å². The van der Waals surface area contributed by atoms with Gasteiger partial charge in [-0.15, -0.1) is 0 Å². The number of hydrogen-bond donors (Lipinski definition) is 0. The molecule has 0 bridgehead atoms. The third-order valence-corrected chi connectivity index (χ3v) is 3.48. The van der Waals surface area contributed by atoms with Crippen molar-refractivity contribution >= 4 is 5.69 Å². The lowest BCUT2D eigenvalue weighted by atomic mass is 10.1. The first-order valence-corrected chi connectivity index (χ1v) is 7.76. The minimum absolute atomic E-state index is 0.103. The van der Waals surface area contributed by atoms with Crippen molar-refractivity contribution in [1.29, 1.82) is 0 Å². The third kappa shape index (κ3) is 4.92. The molecule has 2 heteroatoms. The van der Waals surface area contributed by atoms with Gasteiger partial charge >= 0.3 is 0 Å². The van der Waals surface area contributed by atoms with Gasteiger partial charge < -0.3 is 9.64 Å². The lowest BCUT2D eigenvalue weighted by molar-refractivity contribution is 0.134. The number of allylic oxidation sites excluding steroid dienone is 2. The molecule has 1 aromatic carbocycles. The molecule has 0 saturated carbocycles. The standard InChI is InChI=1S/C18H29NO/c1-6-13-19(14-7-2)18-11-9-17(10-12-18)16(5)20-15(4)8-3/h8-12,16H,6-7,13-14H2,1-5H3. The Bertz CT molecular complexity index is 402. The molecule has 0 heterocycles. The van der Waals surface area contributed by atoms with Crippen molar-refractivity contribution in [1.82, 2.24) is 0 Å². The summed E-state index contributed by atoms with van der Waals surface area (Å²) in [6.45, 7) is 12.8. The molecule has 0 aliphatic heterocycles. The molecular formula is C18H29NO. The average Bonchev–Trinajstić information content (AvgIpc) is 2.47. The summed E-state index contributed by atoms with van der Waals surface area (Å²) in [6, 6.07) is 8.79. The van der Waals surface area contributed by atoms with Gasteiger partial charge in [0.15, 0.2) is 0 Å². The molecule has 2 nitrogen and oxygen atoms in total. The molecule has 0 fully saturated rings. The Balaban J connectivity index is 2.76. The summed E-state index contributed by atoms with van der Waals surface area (Å²) in [5, 5.41) is 0. The minimum Gasteiger partial charge on any atom is -0.491 e. The van der Waals surface area contributed by atoms with Crippen molar-refractivity contribution in [2.24, 2.45) is 0 Å². The number of hydrogen-bond acceptors (Lipinski definition) is 2. The summed E-state index contributed by atoms with van der Waals surface area (Å²) in [5.74, 6) is 0.972. The second-order valence-corrected chi connectivity index (χ2v) is 5.24. The van der Waals surface area contributed by atoms with Crippen molar-refractivity contribution in [2.45, 2.75) is 53.6 Å². The Morgan fingerprint density at radius 2 is 1.70 bits per heavy atom. The zero-order valence-corrected chi connectivity index (χ0v) is 13.6. The molecule has 1 rings (SSSR count). The van der Waals surface area contributed by atoms with Crippen LogP contribution in [0.3, 0.4) is 0 Å². The van der Waals surface area contributed by atoms with Crippen molar-refractivity contribution in [3.05, 3.63) is 41.7 Å². The maximum atomic E-state index is 5.83. The summed E-state index contributed by atoms with van der Waals surface area (Å²) in [4.78, 5) is 2.45. The highest BCUT2D eigenvalue weighted by Gasteiger charge is 2.09. The van der Waals surface area contributed by atoms with Crippen LogP contribution in [0.15, 0.2) is 36.1 Å². The third-order valence-electron chi connectivity index (χ3n) is 3.48. The van der Waals surface area contributed by atoms with E-state index in [4.69, 9.17) is 4.74 Å². The lowest BCUT2D eigenvalue weighted by Crippen LogP contribution is -2.24. The highest BCUT2D eigenvalue weighted by Crippen LogP contribution is 2.23. The molecule has 0 spiro atoms. The van der Waals surface area contributed by atoms with E-state index in [9.17, 15) is 0 Å². The van der Waals surface area contributed by atoms with Crippen LogP contribution in [0.1, 0.15) is 59.1 Å². The van der Waals surface area contributed by atoms with E-state index < -0.39 is 0 Å². The average molecular weight is 275 g/mol. The van der Waals surface area contributed by atoms with Crippen molar-refractivity contribution in [3.8, 4) is 0 Å². The summed E-state index contributed by atoms with van der Waals surface area (Å²) < 4.78 is 5.83. The number of benzene rings is 1. The second-order valence-electron chi connectivity index (χ2n) is 5.24. The predicted octanol–water partition coefficient (Wildman–Crippen LogP) is 5.31. The normalized spacial score (nSPS) is 13.2. The smallest absolute Gasteiger partial charge is 0.120 e. The van der Waals surface area contributed by atoms with Crippen molar-refractivity contribution < 1.29 is 4.74 Å². The highest BCUT2D eigenvalue weighted by atomic mass is 16.5. The molecule has 1 unspecified atom stereocenters. The van der Waals surface area contributed by atoms with Crippen LogP contribution < -0.4 is 4.90 Å². The van der Waals surface area contributed by atoms with Gasteiger partial charge in [-0.3, -0.25) is 0 Å². The van der Waals surface area contributed by atoms with E-state index in [0.717, 1.165) is 18.8 Å². The molecule has 20 heavy (non-hydrogen) atoms. The first-order valence-electron chi connectivity index (χ1n) is 7.76. The van der Waals surface area contributed by atoms with Crippen LogP contribution in [0.2, 0.25) is 0 Å². The largest absolute Gasteiger partial charge is 0.491 e. The van der Waals surface area contributed by atoms with Crippen LogP contribution in [0.25, 0.3) is 0 Å². The Morgan fingerprint density at radius 3 is 2.15 bits per heavy atom. The first kappa shape index (κ1) is 16.6. The van der Waals surface area contributed by atoms with E-state index in [2.05, 4.69) is 49.9 Å². The van der Waals surface area contributed by atoms with Crippen LogP contribution in [-0.2, 0) is 4.74 Å². The van der Waals surface area contributed by atoms with Gasteiger partial charge in [0.25, 0.3) is 0 Å². The van der Waals surface area contributed by atoms with Crippen molar-refractivity contribution in [3.63, 3.8) is 0 Å². The Labute approximate surface area is 124 Å². The van der Waals surface area contributed by atoms with Gasteiger partial charge in [-0.25, -0.2) is 0 Å². The Morgan fingerprint density at radius 1 is 1.15 bits per heavy atom. The highest BCUT2D eigenvalue weighted by molar-refractivity contribution is 5.47. The van der Waals surface area contributed by atoms with Gasteiger partial charge in [-0.2, -0.15) is 0 Å². The SMILES string of the molecule is CC=C(C)OC(C)c1ccc(N(CCC)CCC)cc1. The first-order chi connectivity index (χ1) is 9.62. The van der Waals surface area contributed by atoms with Gasteiger partial charge in [-0.05, 0) is 57.4 Å². The van der Waals surface area contributed by atoms with E-state index in [0.29, 0.717) is 0 Å². The molecule has 0 aliphatic carbocycles. The van der Waals surface area contributed by atoms with Gasteiger partial charge in [0.2, 0.25) is 0 Å².